The molecule has 4 aromatic rings. The van der Waals surface area contributed by atoms with Crippen molar-refractivity contribution >= 4 is 56.0 Å². The van der Waals surface area contributed by atoms with Crippen LogP contribution in [0.4, 0.5) is 10.1 Å². The number of aromatic nitrogens is 1. The molecule has 10 heteroatoms. The highest BCUT2D eigenvalue weighted by Gasteiger charge is 2.20. The SMILES string of the molecule is CS(=O)(=O)c1ccc(-c2sc(C(=O)Nc3cc(Cl)cc(Cl)c3)nc2-c2ccc(F)cc2)cc1. The van der Waals surface area contributed by atoms with Crippen LogP contribution in [0.5, 0.6) is 0 Å². The summed E-state index contributed by atoms with van der Waals surface area (Å²) in [4.78, 5) is 18.2. The van der Waals surface area contributed by atoms with Crippen LogP contribution in [0, 0.1) is 5.82 Å². The largest absolute Gasteiger partial charge is 0.320 e. The lowest BCUT2D eigenvalue weighted by atomic mass is 10.1. The van der Waals surface area contributed by atoms with Crippen molar-refractivity contribution in [1.82, 2.24) is 4.98 Å². The molecule has 1 N–H and O–H groups in total. The van der Waals surface area contributed by atoms with E-state index in [9.17, 15) is 17.6 Å². The zero-order chi connectivity index (χ0) is 23.8. The average molecular weight is 521 g/mol. The van der Waals surface area contributed by atoms with Crippen LogP contribution in [0.1, 0.15) is 9.80 Å². The van der Waals surface area contributed by atoms with Gasteiger partial charge in [0, 0.05) is 27.6 Å². The molecule has 0 aliphatic heterocycles. The summed E-state index contributed by atoms with van der Waals surface area (Å²) in [5.74, 6) is -0.871. The minimum Gasteiger partial charge on any atom is -0.320 e. The maximum atomic E-state index is 13.5. The number of anilines is 1. The Morgan fingerprint density at radius 3 is 2.09 bits per heavy atom. The molecule has 5 nitrogen and oxygen atoms in total. The van der Waals surface area contributed by atoms with Gasteiger partial charge in [0.05, 0.1) is 15.5 Å². The van der Waals surface area contributed by atoms with Crippen molar-refractivity contribution < 1.29 is 17.6 Å². The molecule has 0 saturated heterocycles. The summed E-state index contributed by atoms with van der Waals surface area (Å²) in [6.07, 6.45) is 1.13. The maximum Gasteiger partial charge on any atom is 0.284 e. The van der Waals surface area contributed by atoms with Gasteiger partial charge in [-0.15, -0.1) is 11.3 Å². The van der Waals surface area contributed by atoms with Crippen LogP contribution in [0.25, 0.3) is 21.7 Å². The second kappa shape index (κ2) is 9.23. The predicted molar refractivity (Wildman–Crippen MR) is 130 cm³/mol. The number of halogens is 3. The molecule has 0 fully saturated rings. The van der Waals surface area contributed by atoms with E-state index in [0.29, 0.717) is 37.4 Å². The molecule has 1 heterocycles. The van der Waals surface area contributed by atoms with Crippen LogP contribution in [0.3, 0.4) is 0 Å². The number of hydrogen-bond donors (Lipinski definition) is 1. The number of nitrogens with one attached hydrogen (secondary N) is 1. The van der Waals surface area contributed by atoms with Gasteiger partial charge in [0.25, 0.3) is 5.91 Å². The molecule has 0 aliphatic carbocycles. The van der Waals surface area contributed by atoms with Gasteiger partial charge in [-0.05, 0) is 60.2 Å². The molecular weight excluding hydrogens is 506 g/mol. The van der Waals surface area contributed by atoms with Gasteiger partial charge in [-0.25, -0.2) is 17.8 Å². The predicted octanol–water partition coefficient (Wildman–Crippen LogP) is 6.58. The Morgan fingerprint density at radius 2 is 1.52 bits per heavy atom. The van der Waals surface area contributed by atoms with Gasteiger partial charge in [-0.3, -0.25) is 4.79 Å². The molecular formula is C23H15Cl2FN2O3S2. The fourth-order valence-electron chi connectivity index (χ4n) is 3.08. The van der Waals surface area contributed by atoms with Crippen LogP contribution in [0.2, 0.25) is 10.0 Å². The number of amides is 1. The third-order valence-corrected chi connectivity index (χ3v) is 7.27. The summed E-state index contributed by atoms with van der Waals surface area (Å²) >= 11 is 13.1. The number of sulfone groups is 1. The topological polar surface area (TPSA) is 76.1 Å². The van der Waals surface area contributed by atoms with Crippen molar-refractivity contribution in [2.75, 3.05) is 11.6 Å². The average Bonchev–Trinajstić information content (AvgIpc) is 3.19. The molecule has 0 radical (unpaired) electrons. The smallest absolute Gasteiger partial charge is 0.284 e. The number of carbonyl (C=O) groups is 1. The summed E-state index contributed by atoms with van der Waals surface area (Å²) in [5.41, 5.74) is 2.17. The Labute approximate surface area is 203 Å². The molecule has 4 rings (SSSR count). The van der Waals surface area contributed by atoms with E-state index in [1.165, 1.54) is 24.3 Å². The van der Waals surface area contributed by atoms with E-state index in [4.69, 9.17) is 23.2 Å². The lowest BCUT2D eigenvalue weighted by Crippen LogP contribution is -2.11. The van der Waals surface area contributed by atoms with Crippen LogP contribution in [0.15, 0.2) is 71.6 Å². The Morgan fingerprint density at radius 1 is 0.939 bits per heavy atom. The normalized spacial score (nSPS) is 11.4. The van der Waals surface area contributed by atoms with E-state index in [-0.39, 0.29) is 9.90 Å². The molecule has 33 heavy (non-hydrogen) atoms. The molecule has 0 saturated carbocycles. The Bertz CT molecular complexity index is 1430. The zero-order valence-electron chi connectivity index (χ0n) is 17.0. The van der Waals surface area contributed by atoms with Crippen molar-refractivity contribution in [2.24, 2.45) is 0 Å². The van der Waals surface area contributed by atoms with E-state index in [1.807, 2.05) is 0 Å². The lowest BCUT2D eigenvalue weighted by molar-refractivity contribution is 0.102. The number of thiazole rings is 1. The van der Waals surface area contributed by atoms with Gasteiger partial charge in [0.15, 0.2) is 14.8 Å². The van der Waals surface area contributed by atoms with E-state index < -0.39 is 21.6 Å². The molecule has 0 spiro atoms. The summed E-state index contributed by atoms with van der Waals surface area (Å²) in [6, 6.07) is 16.7. The highest BCUT2D eigenvalue weighted by Crippen LogP contribution is 2.37. The molecule has 1 aromatic heterocycles. The number of nitrogens with zero attached hydrogens (tertiary/aromatic N) is 1. The molecule has 0 atom stereocenters. The Hall–Kier alpha value is -2.78. The fourth-order valence-corrected chi connectivity index (χ4v) is 5.23. The zero-order valence-corrected chi connectivity index (χ0v) is 20.1. The number of hydrogen-bond acceptors (Lipinski definition) is 5. The van der Waals surface area contributed by atoms with Crippen LogP contribution >= 0.6 is 34.5 Å². The maximum absolute atomic E-state index is 13.5. The second-order valence-corrected chi connectivity index (χ2v) is 11.0. The van der Waals surface area contributed by atoms with Gasteiger partial charge in [-0.2, -0.15) is 0 Å². The minimum absolute atomic E-state index is 0.160. The molecule has 168 valence electrons. The van der Waals surface area contributed by atoms with Crippen molar-refractivity contribution in [3.63, 3.8) is 0 Å². The molecule has 0 aliphatic rings. The summed E-state index contributed by atoms with van der Waals surface area (Å²) < 4.78 is 37.1. The molecule has 1 amide bonds. The standard InChI is InChI=1S/C23H15Cl2FN2O3S2/c1-33(30,31)19-8-4-14(5-9-19)21-20(13-2-6-17(26)7-3-13)28-23(32-21)22(29)27-18-11-15(24)10-16(25)12-18/h2-12H,1H3,(H,27,29). The first kappa shape index (κ1) is 23.4. The monoisotopic (exact) mass is 520 g/mol. The third-order valence-electron chi connectivity index (χ3n) is 4.60. The van der Waals surface area contributed by atoms with Crippen molar-refractivity contribution in [2.45, 2.75) is 4.90 Å². The van der Waals surface area contributed by atoms with Crippen molar-refractivity contribution in [1.29, 1.82) is 0 Å². The van der Waals surface area contributed by atoms with Crippen molar-refractivity contribution in [3.05, 3.63) is 87.6 Å². The van der Waals surface area contributed by atoms with Gasteiger partial charge in [0.2, 0.25) is 0 Å². The number of benzene rings is 3. The quantitative estimate of drug-likeness (QED) is 0.322. The van der Waals surface area contributed by atoms with Crippen LogP contribution in [-0.2, 0) is 9.84 Å². The van der Waals surface area contributed by atoms with Crippen molar-refractivity contribution in [3.8, 4) is 21.7 Å². The highest BCUT2D eigenvalue weighted by atomic mass is 35.5. The fraction of sp³-hybridized carbons (Fsp3) is 0.0435. The summed E-state index contributed by atoms with van der Waals surface area (Å²) in [6.45, 7) is 0. The highest BCUT2D eigenvalue weighted by molar-refractivity contribution is 7.90. The van der Waals surface area contributed by atoms with Gasteiger partial charge >= 0.3 is 0 Å². The summed E-state index contributed by atoms with van der Waals surface area (Å²) in [7, 11) is -3.36. The van der Waals surface area contributed by atoms with E-state index in [2.05, 4.69) is 10.3 Å². The van der Waals surface area contributed by atoms with E-state index in [1.54, 1.807) is 42.5 Å². The molecule has 0 bridgehead atoms. The number of rotatable bonds is 5. The van der Waals surface area contributed by atoms with Gasteiger partial charge in [-0.1, -0.05) is 35.3 Å². The second-order valence-electron chi connectivity index (χ2n) is 7.11. The minimum atomic E-state index is -3.36. The third kappa shape index (κ3) is 5.42. The molecule has 3 aromatic carbocycles. The summed E-state index contributed by atoms with van der Waals surface area (Å²) in [5, 5.41) is 3.62. The van der Waals surface area contributed by atoms with E-state index >= 15 is 0 Å². The lowest BCUT2D eigenvalue weighted by Gasteiger charge is -2.04. The Kier molecular flexibility index (Phi) is 6.54. The van der Waals surface area contributed by atoms with Gasteiger partial charge < -0.3 is 5.32 Å². The van der Waals surface area contributed by atoms with E-state index in [0.717, 1.165) is 17.6 Å². The van der Waals surface area contributed by atoms with Crippen LogP contribution in [-0.4, -0.2) is 25.6 Å². The van der Waals surface area contributed by atoms with Gasteiger partial charge in [0.1, 0.15) is 5.82 Å². The first-order valence-corrected chi connectivity index (χ1v) is 12.9. The first-order chi connectivity index (χ1) is 15.6. The van der Waals surface area contributed by atoms with Crippen LogP contribution < -0.4 is 5.32 Å². The number of carbonyl (C=O) groups excluding carboxylic acids is 1. The Balaban J connectivity index is 1.76. The first-order valence-electron chi connectivity index (χ1n) is 9.45. The molecule has 0 unspecified atom stereocenters.